The SMILES string of the molecule is COc1cc2c(cc1OC)C(=O)/C(=C/c1ccc(N3CC[N+](C)(CCO)CC3)cc1)C2. The number of methoxy groups -OCH3 is 2. The van der Waals surface area contributed by atoms with E-state index < -0.39 is 0 Å². The number of hydrogen-bond acceptors (Lipinski definition) is 5. The number of quaternary nitrogens is 1. The van der Waals surface area contributed by atoms with Gasteiger partial charge in [0.15, 0.2) is 17.3 Å². The van der Waals surface area contributed by atoms with Gasteiger partial charge in [0.2, 0.25) is 0 Å². The van der Waals surface area contributed by atoms with Crippen LogP contribution in [0.4, 0.5) is 5.69 Å². The van der Waals surface area contributed by atoms with Crippen LogP contribution in [0.3, 0.4) is 0 Å². The Balaban J connectivity index is 1.47. The maximum Gasteiger partial charge on any atom is 0.189 e. The van der Waals surface area contributed by atoms with Gasteiger partial charge in [-0.25, -0.2) is 0 Å². The highest BCUT2D eigenvalue weighted by Gasteiger charge is 2.29. The highest BCUT2D eigenvalue weighted by molar-refractivity contribution is 6.15. The van der Waals surface area contributed by atoms with Gasteiger partial charge in [-0.15, -0.1) is 0 Å². The van der Waals surface area contributed by atoms with E-state index in [0.717, 1.165) is 53.9 Å². The standard InChI is InChI=1S/C25H31N2O4/c1-27(12-13-28)10-8-26(9-11-27)21-6-4-18(5-7-21)14-20-15-19-16-23(30-2)24(31-3)17-22(19)25(20)29/h4-7,14,16-17,28H,8-13,15H2,1-3H3/q+1/b20-14+. The molecule has 0 amide bonds. The van der Waals surface area contributed by atoms with Crippen LogP contribution in [-0.2, 0) is 6.42 Å². The van der Waals surface area contributed by atoms with Crippen LogP contribution in [0.25, 0.3) is 6.08 Å². The van der Waals surface area contributed by atoms with Crippen molar-refractivity contribution >= 4 is 17.5 Å². The van der Waals surface area contributed by atoms with Crippen molar-refractivity contribution in [1.82, 2.24) is 0 Å². The third kappa shape index (κ3) is 4.31. The average Bonchev–Trinajstić information content (AvgIpc) is 3.08. The number of nitrogens with zero attached hydrogens (tertiary/aromatic N) is 2. The fourth-order valence-corrected chi connectivity index (χ4v) is 4.51. The lowest BCUT2D eigenvalue weighted by atomic mass is 10.1. The van der Waals surface area contributed by atoms with Gasteiger partial charge in [0.25, 0.3) is 0 Å². The largest absolute Gasteiger partial charge is 0.493 e. The van der Waals surface area contributed by atoms with Gasteiger partial charge in [0.05, 0.1) is 54.1 Å². The smallest absolute Gasteiger partial charge is 0.189 e. The van der Waals surface area contributed by atoms with Crippen LogP contribution in [0.2, 0.25) is 0 Å². The lowest BCUT2D eigenvalue weighted by Gasteiger charge is -2.42. The van der Waals surface area contributed by atoms with E-state index in [1.807, 2.05) is 12.1 Å². The second-order valence-electron chi connectivity index (χ2n) is 8.63. The van der Waals surface area contributed by atoms with Crippen molar-refractivity contribution in [2.75, 3.05) is 65.5 Å². The number of Topliss-reactive ketones (excluding diaryl/α,β-unsaturated/α-hetero) is 1. The number of ether oxygens (including phenoxy) is 2. The van der Waals surface area contributed by atoms with Crippen molar-refractivity contribution in [3.8, 4) is 11.5 Å². The zero-order valence-electron chi connectivity index (χ0n) is 18.6. The number of allylic oxidation sites excluding steroid dienone is 1. The molecule has 1 aliphatic heterocycles. The maximum absolute atomic E-state index is 12.9. The van der Waals surface area contributed by atoms with Crippen molar-refractivity contribution in [2.24, 2.45) is 0 Å². The molecule has 0 spiro atoms. The molecule has 1 aliphatic carbocycles. The van der Waals surface area contributed by atoms with E-state index in [4.69, 9.17) is 9.47 Å². The Bertz CT molecular complexity index is 989. The summed E-state index contributed by atoms with van der Waals surface area (Å²) in [5.41, 5.74) is 4.68. The zero-order chi connectivity index (χ0) is 22.0. The topological polar surface area (TPSA) is 59.0 Å². The predicted molar refractivity (Wildman–Crippen MR) is 122 cm³/mol. The van der Waals surface area contributed by atoms with Crippen LogP contribution in [-0.4, -0.2) is 76.0 Å². The molecule has 0 radical (unpaired) electrons. The van der Waals surface area contributed by atoms with Gasteiger partial charge in [0, 0.05) is 23.2 Å². The van der Waals surface area contributed by atoms with Crippen LogP contribution < -0.4 is 14.4 Å². The van der Waals surface area contributed by atoms with E-state index in [-0.39, 0.29) is 12.4 Å². The molecular formula is C25H31N2O4+. The summed E-state index contributed by atoms with van der Waals surface area (Å²) in [6, 6.07) is 12.1. The first-order chi connectivity index (χ1) is 15.0. The summed E-state index contributed by atoms with van der Waals surface area (Å²) < 4.78 is 11.6. The first kappa shape index (κ1) is 21.4. The molecular weight excluding hydrogens is 392 g/mol. The van der Waals surface area contributed by atoms with Crippen molar-refractivity contribution in [3.63, 3.8) is 0 Å². The first-order valence-electron chi connectivity index (χ1n) is 10.8. The first-order valence-corrected chi connectivity index (χ1v) is 10.8. The molecule has 1 saturated heterocycles. The molecule has 1 fully saturated rings. The summed E-state index contributed by atoms with van der Waals surface area (Å²) in [6.07, 6.45) is 2.58. The highest BCUT2D eigenvalue weighted by Crippen LogP contribution is 2.37. The number of carbonyl (C=O) groups is 1. The van der Waals surface area contributed by atoms with Gasteiger partial charge in [-0.1, -0.05) is 12.1 Å². The molecule has 1 N–H and O–H groups in total. The molecule has 1 heterocycles. The zero-order valence-corrected chi connectivity index (χ0v) is 18.6. The number of carbonyl (C=O) groups excluding carboxylic acids is 1. The van der Waals surface area contributed by atoms with Crippen molar-refractivity contribution in [1.29, 1.82) is 0 Å². The minimum Gasteiger partial charge on any atom is -0.493 e. The average molecular weight is 424 g/mol. The van der Waals surface area contributed by atoms with Gasteiger partial charge in [-0.05, 0) is 41.5 Å². The fraction of sp³-hybridized carbons (Fsp3) is 0.400. The van der Waals surface area contributed by atoms with E-state index >= 15 is 0 Å². The van der Waals surface area contributed by atoms with Crippen molar-refractivity contribution in [2.45, 2.75) is 6.42 Å². The molecule has 2 aromatic carbocycles. The number of anilines is 1. The second-order valence-corrected chi connectivity index (χ2v) is 8.63. The van der Waals surface area contributed by atoms with E-state index in [1.54, 1.807) is 20.3 Å². The number of likely N-dealkylation sites (N-methyl/N-ethyl adjacent to an activating group) is 1. The summed E-state index contributed by atoms with van der Waals surface area (Å²) in [4.78, 5) is 15.3. The van der Waals surface area contributed by atoms with Gasteiger partial charge < -0.3 is 24.0 Å². The molecule has 2 aromatic rings. The number of hydrogen-bond donors (Lipinski definition) is 1. The van der Waals surface area contributed by atoms with E-state index in [2.05, 4.69) is 36.2 Å². The number of aliphatic hydroxyl groups is 1. The number of benzene rings is 2. The lowest BCUT2D eigenvalue weighted by molar-refractivity contribution is -0.910. The monoisotopic (exact) mass is 423 g/mol. The Labute approximate surface area is 183 Å². The molecule has 0 unspecified atom stereocenters. The third-order valence-corrected chi connectivity index (χ3v) is 6.59. The Morgan fingerprint density at radius 3 is 2.32 bits per heavy atom. The normalized spacial score (nSPS) is 18.9. The minimum absolute atomic E-state index is 0.0528. The van der Waals surface area contributed by atoms with Crippen LogP contribution in [0.15, 0.2) is 42.0 Å². The van der Waals surface area contributed by atoms with Gasteiger partial charge in [0.1, 0.15) is 6.54 Å². The van der Waals surface area contributed by atoms with Crippen LogP contribution >= 0.6 is 0 Å². The number of aliphatic hydroxyl groups excluding tert-OH is 1. The minimum atomic E-state index is 0.0528. The summed E-state index contributed by atoms with van der Waals surface area (Å²) in [5.74, 6) is 1.28. The van der Waals surface area contributed by atoms with Crippen LogP contribution in [0.1, 0.15) is 21.5 Å². The Kier molecular flexibility index (Phi) is 6.03. The molecule has 164 valence electrons. The van der Waals surface area contributed by atoms with Gasteiger partial charge >= 0.3 is 0 Å². The summed E-state index contributed by atoms with van der Waals surface area (Å²) in [7, 11) is 5.40. The molecule has 4 rings (SSSR count). The lowest BCUT2D eigenvalue weighted by Crippen LogP contribution is -2.58. The molecule has 31 heavy (non-hydrogen) atoms. The molecule has 0 saturated carbocycles. The van der Waals surface area contributed by atoms with Crippen LogP contribution in [0.5, 0.6) is 11.5 Å². The predicted octanol–water partition coefficient (Wildman–Crippen LogP) is 2.79. The highest BCUT2D eigenvalue weighted by atomic mass is 16.5. The number of ketones is 1. The maximum atomic E-state index is 12.9. The molecule has 6 heteroatoms. The molecule has 6 nitrogen and oxygen atoms in total. The Morgan fingerprint density at radius 1 is 1.06 bits per heavy atom. The Morgan fingerprint density at radius 2 is 1.71 bits per heavy atom. The molecule has 0 bridgehead atoms. The van der Waals surface area contributed by atoms with E-state index in [0.29, 0.717) is 23.5 Å². The molecule has 2 aliphatic rings. The van der Waals surface area contributed by atoms with Gasteiger partial charge in [-0.2, -0.15) is 0 Å². The number of piperazine rings is 1. The summed E-state index contributed by atoms with van der Waals surface area (Å²) in [5, 5.41) is 9.27. The summed E-state index contributed by atoms with van der Waals surface area (Å²) in [6.45, 7) is 5.08. The van der Waals surface area contributed by atoms with Crippen LogP contribution in [0, 0.1) is 0 Å². The fourth-order valence-electron chi connectivity index (χ4n) is 4.51. The second kappa shape index (κ2) is 8.73. The molecule has 0 atom stereocenters. The van der Waals surface area contributed by atoms with E-state index in [9.17, 15) is 9.90 Å². The summed E-state index contributed by atoms with van der Waals surface area (Å²) >= 11 is 0. The van der Waals surface area contributed by atoms with Gasteiger partial charge in [-0.3, -0.25) is 4.79 Å². The van der Waals surface area contributed by atoms with Crippen molar-refractivity contribution < 1.29 is 23.9 Å². The third-order valence-electron chi connectivity index (χ3n) is 6.59. The Hall–Kier alpha value is -2.83. The number of fused-ring (bicyclic) bond motifs is 1. The quantitative estimate of drug-likeness (QED) is 0.572. The van der Waals surface area contributed by atoms with E-state index in [1.165, 1.54) is 5.69 Å². The van der Waals surface area contributed by atoms with Crippen molar-refractivity contribution in [3.05, 3.63) is 58.7 Å². The molecule has 0 aromatic heterocycles. The number of rotatable bonds is 6.